The van der Waals surface area contributed by atoms with Gasteiger partial charge in [-0.05, 0) is 24.1 Å². The molecule has 2 N–H and O–H groups in total. The zero-order valence-corrected chi connectivity index (χ0v) is 9.10. The molecule has 0 aliphatic rings. The average molecular weight is 242 g/mol. The van der Waals surface area contributed by atoms with Crippen LogP contribution in [0.2, 0.25) is 0 Å². The summed E-state index contributed by atoms with van der Waals surface area (Å²) in [5, 5.41) is 0.737. The molecular weight excluding hydrogens is 230 g/mol. The summed E-state index contributed by atoms with van der Waals surface area (Å²) >= 11 is 3.37. The minimum Gasteiger partial charge on any atom is -0.398 e. The van der Waals surface area contributed by atoms with Crippen molar-refractivity contribution in [3.05, 3.63) is 29.3 Å². The van der Waals surface area contributed by atoms with Crippen molar-refractivity contribution < 1.29 is 4.79 Å². The van der Waals surface area contributed by atoms with Crippen LogP contribution in [0.3, 0.4) is 0 Å². The monoisotopic (exact) mass is 241 g/mol. The second-order valence-corrected chi connectivity index (χ2v) is 3.56. The number of anilines is 1. The van der Waals surface area contributed by atoms with E-state index in [0.717, 1.165) is 16.5 Å². The SMILES string of the molecule is CC(=O)Cc1c(N)cccc1CBr. The molecule has 2 nitrogen and oxygen atoms in total. The fraction of sp³-hybridized carbons (Fsp3) is 0.300. The predicted molar refractivity (Wildman–Crippen MR) is 57.9 cm³/mol. The molecular formula is C10H12BrNO. The lowest BCUT2D eigenvalue weighted by Gasteiger charge is -2.08. The fourth-order valence-electron chi connectivity index (χ4n) is 1.24. The van der Waals surface area contributed by atoms with Gasteiger partial charge in [0.05, 0.1) is 0 Å². The normalized spacial score (nSPS) is 10.0. The number of nitrogens with two attached hydrogens (primary N) is 1. The van der Waals surface area contributed by atoms with E-state index in [-0.39, 0.29) is 5.78 Å². The lowest BCUT2D eigenvalue weighted by Crippen LogP contribution is -2.04. The molecule has 0 aliphatic heterocycles. The number of nitrogen functional groups attached to an aromatic ring is 1. The Kier molecular flexibility index (Phi) is 3.48. The van der Waals surface area contributed by atoms with Gasteiger partial charge in [-0.2, -0.15) is 0 Å². The van der Waals surface area contributed by atoms with Crippen molar-refractivity contribution in [2.75, 3.05) is 5.73 Å². The van der Waals surface area contributed by atoms with Gasteiger partial charge in [0.15, 0.2) is 0 Å². The molecule has 13 heavy (non-hydrogen) atoms. The summed E-state index contributed by atoms with van der Waals surface area (Å²) in [7, 11) is 0. The first-order valence-corrected chi connectivity index (χ1v) is 5.19. The number of halogens is 1. The highest BCUT2D eigenvalue weighted by atomic mass is 79.9. The highest BCUT2D eigenvalue weighted by Gasteiger charge is 2.06. The van der Waals surface area contributed by atoms with Gasteiger partial charge >= 0.3 is 0 Å². The number of ketones is 1. The standard InChI is InChI=1S/C10H12BrNO/c1-7(13)5-9-8(6-11)3-2-4-10(9)12/h2-4H,5-6,12H2,1H3. The summed E-state index contributed by atoms with van der Waals surface area (Å²) in [5.41, 5.74) is 8.52. The molecule has 0 saturated heterocycles. The Labute approximate surface area is 86.3 Å². The van der Waals surface area contributed by atoms with Crippen LogP contribution in [0.15, 0.2) is 18.2 Å². The van der Waals surface area contributed by atoms with E-state index in [1.54, 1.807) is 6.92 Å². The number of hydrogen-bond acceptors (Lipinski definition) is 2. The fourth-order valence-corrected chi connectivity index (χ4v) is 1.77. The lowest BCUT2D eigenvalue weighted by atomic mass is 10.0. The molecule has 1 rings (SSSR count). The van der Waals surface area contributed by atoms with Gasteiger partial charge in [0.2, 0.25) is 0 Å². The summed E-state index contributed by atoms with van der Waals surface area (Å²) in [5.74, 6) is 0.139. The summed E-state index contributed by atoms with van der Waals surface area (Å²) in [6, 6.07) is 5.70. The molecule has 0 spiro atoms. The molecule has 0 radical (unpaired) electrons. The van der Waals surface area contributed by atoms with Crippen molar-refractivity contribution >= 4 is 27.4 Å². The van der Waals surface area contributed by atoms with Gasteiger partial charge in [-0.25, -0.2) is 0 Å². The molecule has 3 heteroatoms. The van der Waals surface area contributed by atoms with Crippen molar-refractivity contribution in [1.29, 1.82) is 0 Å². The molecule has 1 aromatic carbocycles. The van der Waals surface area contributed by atoms with Gasteiger partial charge in [0, 0.05) is 17.4 Å². The van der Waals surface area contributed by atoms with Crippen LogP contribution < -0.4 is 5.73 Å². The van der Waals surface area contributed by atoms with Crippen LogP contribution in [0.4, 0.5) is 5.69 Å². The Morgan fingerprint density at radius 3 is 2.77 bits per heavy atom. The third-order valence-corrected chi connectivity index (χ3v) is 2.48. The second-order valence-electron chi connectivity index (χ2n) is 3.00. The summed E-state index contributed by atoms with van der Waals surface area (Å²) in [6.07, 6.45) is 0.424. The molecule has 0 aliphatic carbocycles. The van der Waals surface area contributed by atoms with Crippen LogP contribution in [0.1, 0.15) is 18.1 Å². The van der Waals surface area contributed by atoms with Crippen LogP contribution in [0, 0.1) is 0 Å². The third kappa shape index (κ3) is 2.56. The Balaban J connectivity index is 3.07. The van der Waals surface area contributed by atoms with Gasteiger partial charge in [0.1, 0.15) is 5.78 Å². The quantitative estimate of drug-likeness (QED) is 0.652. The maximum Gasteiger partial charge on any atom is 0.134 e. The summed E-state index contributed by atoms with van der Waals surface area (Å²) in [6.45, 7) is 1.57. The van der Waals surface area contributed by atoms with E-state index in [4.69, 9.17) is 5.73 Å². The summed E-state index contributed by atoms with van der Waals surface area (Å²) < 4.78 is 0. The minimum absolute atomic E-state index is 0.139. The van der Waals surface area contributed by atoms with Crippen LogP contribution in [-0.4, -0.2) is 5.78 Å². The minimum atomic E-state index is 0.139. The van der Waals surface area contributed by atoms with Gasteiger partial charge in [-0.1, -0.05) is 28.1 Å². The predicted octanol–water partition coefficient (Wildman–Crippen LogP) is 2.30. The number of carbonyl (C=O) groups excluding carboxylic acids is 1. The Morgan fingerprint density at radius 2 is 2.23 bits per heavy atom. The van der Waals surface area contributed by atoms with E-state index in [2.05, 4.69) is 15.9 Å². The highest BCUT2D eigenvalue weighted by Crippen LogP contribution is 2.20. The van der Waals surface area contributed by atoms with Crippen LogP contribution in [0.5, 0.6) is 0 Å². The molecule has 0 heterocycles. The highest BCUT2D eigenvalue weighted by molar-refractivity contribution is 9.08. The van der Waals surface area contributed by atoms with Crippen LogP contribution in [-0.2, 0) is 16.5 Å². The molecule has 0 saturated carbocycles. The second kappa shape index (κ2) is 4.42. The van der Waals surface area contributed by atoms with Crippen molar-refractivity contribution in [3.8, 4) is 0 Å². The maximum atomic E-state index is 11.0. The Morgan fingerprint density at radius 1 is 1.54 bits per heavy atom. The van der Waals surface area contributed by atoms with Gasteiger partial charge in [-0.15, -0.1) is 0 Å². The van der Waals surface area contributed by atoms with Crippen LogP contribution in [0.25, 0.3) is 0 Å². The van der Waals surface area contributed by atoms with Gasteiger partial charge in [0.25, 0.3) is 0 Å². The molecule has 0 unspecified atom stereocenters. The molecule has 70 valence electrons. The summed E-state index contributed by atoms with van der Waals surface area (Å²) in [4.78, 5) is 11.0. The van der Waals surface area contributed by atoms with E-state index in [1.807, 2.05) is 18.2 Å². The number of Topliss-reactive ketones (excluding diaryl/α,β-unsaturated/α-hetero) is 1. The first kappa shape index (κ1) is 10.3. The molecule has 0 amide bonds. The maximum absolute atomic E-state index is 11.0. The third-order valence-electron chi connectivity index (χ3n) is 1.88. The number of benzene rings is 1. The first-order chi connectivity index (χ1) is 6.15. The molecule has 0 atom stereocenters. The molecule has 1 aromatic rings. The number of hydrogen-bond donors (Lipinski definition) is 1. The van der Waals surface area contributed by atoms with E-state index in [0.29, 0.717) is 12.1 Å². The number of alkyl halides is 1. The van der Waals surface area contributed by atoms with Crippen molar-refractivity contribution in [3.63, 3.8) is 0 Å². The zero-order valence-electron chi connectivity index (χ0n) is 7.51. The Hall–Kier alpha value is -0.830. The van der Waals surface area contributed by atoms with E-state index < -0.39 is 0 Å². The van der Waals surface area contributed by atoms with E-state index in [1.165, 1.54) is 0 Å². The smallest absolute Gasteiger partial charge is 0.134 e. The zero-order chi connectivity index (χ0) is 9.84. The van der Waals surface area contributed by atoms with E-state index in [9.17, 15) is 4.79 Å². The Bertz CT molecular complexity index is 323. The van der Waals surface area contributed by atoms with E-state index >= 15 is 0 Å². The van der Waals surface area contributed by atoms with Crippen molar-refractivity contribution in [2.24, 2.45) is 0 Å². The van der Waals surface area contributed by atoms with Gasteiger partial charge < -0.3 is 5.73 Å². The largest absolute Gasteiger partial charge is 0.398 e. The van der Waals surface area contributed by atoms with Gasteiger partial charge in [-0.3, -0.25) is 4.79 Å². The first-order valence-electron chi connectivity index (χ1n) is 4.06. The number of carbonyl (C=O) groups is 1. The molecule has 0 fully saturated rings. The average Bonchev–Trinajstić information content (AvgIpc) is 2.08. The van der Waals surface area contributed by atoms with Crippen LogP contribution >= 0.6 is 15.9 Å². The molecule has 0 bridgehead atoms. The van der Waals surface area contributed by atoms with Crippen molar-refractivity contribution in [1.82, 2.24) is 0 Å². The lowest BCUT2D eigenvalue weighted by molar-refractivity contribution is -0.116. The molecule has 0 aromatic heterocycles. The number of rotatable bonds is 3. The topological polar surface area (TPSA) is 43.1 Å². The van der Waals surface area contributed by atoms with Crippen molar-refractivity contribution in [2.45, 2.75) is 18.7 Å².